The van der Waals surface area contributed by atoms with Crippen LogP contribution in [0.5, 0.6) is 0 Å². The molecule has 78 valence electrons. The quantitative estimate of drug-likeness (QED) is 0.782. The van der Waals surface area contributed by atoms with Gasteiger partial charge in [0.05, 0.1) is 0 Å². The largest absolute Gasteiger partial charge is 0.354 e. The molecule has 14 heavy (non-hydrogen) atoms. The fourth-order valence-corrected chi connectivity index (χ4v) is 1.23. The summed E-state index contributed by atoms with van der Waals surface area (Å²) in [6.45, 7) is 6.54. The van der Waals surface area contributed by atoms with Crippen molar-refractivity contribution in [2.24, 2.45) is 0 Å². The minimum absolute atomic E-state index is 0.0786. The third-order valence-electron chi connectivity index (χ3n) is 1.93. The highest BCUT2D eigenvalue weighted by atomic mass is 16.1. The average molecular weight is 195 g/mol. The normalized spacial score (nSPS) is 10.6. The lowest BCUT2D eigenvalue weighted by atomic mass is 10.3. The molecule has 1 heterocycles. The molecular weight excluding hydrogens is 178 g/mol. The number of nitrogens with zero attached hydrogens (tertiary/aromatic N) is 2. The molecule has 4 heteroatoms. The molecule has 1 aromatic heterocycles. The molecule has 1 N–H and O–H groups in total. The van der Waals surface area contributed by atoms with E-state index < -0.39 is 0 Å². The smallest absolute Gasteiger partial charge is 0.222 e. The molecule has 1 aromatic rings. The van der Waals surface area contributed by atoms with Crippen LogP contribution in [0.4, 0.5) is 0 Å². The van der Waals surface area contributed by atoms with Crippen LogP contribution in [-0.4, -0.2) is 21.7 Å². The van der Waals surface area contributed by atoms with Gasteiger partial charge in [-0.15, -0.1) is 0 Å². The van der Waals surface area contributed by atoms with E-state index in [1.165, 1.54) is 0 Å². The van der Waals surface area contributed by atoms with Crippen LogP contribution in [-0.2, 0) is 11.3 Å². The summed E-state index contributed by atoms with van der Waals surface area (Å²) in [5.74, 6) is 0.0786. The summed E-state index contributed by atoms with van der Waals surface area (Å²) >= 11 is 0. The van der Waals surface area contributed by atoms with Crippen molar-refractivity contribution in [1.82, 2.24) is 15.1 Å². The van der Waals surface area contributed by atoms with Gasteiger partial charge < -0.3 is 5.32 Å². The van der Waals surface area contributed by atoms with Crippen molar-refractivity contribution in [2.75, 3.05) is 0 Å². The van der Waals surface area contributed by atoms with Crippen molar-refractivity contribution in [3.05, 3.63) is 18.0 Å². The number of carbonyl (C=O) groups excluding carboxylic acids is 1. The molecule has 0 radical (unpaired) electrons. The Hall–Kier alpha value is -1.32. The first-order valence-electron chi connectivity index (χ1n) is 4.87. The Morgan fingerprint density at radius 2 is 2.36 bits per heavy atom. The van der Waals surface area contributed by atoms with Gasteiger partial charge >= 0.3 is 0 Å². The number of aryl methyl sites for hydroxylation is 2. The van der Waals surface area contributed by atoms with Crippen molar-refractivity contribution in [3.63, 3.8) is 0 Å². The summed E-state index contributed by atoms with van der Waals surface area (Å²) in [5, 5.41) is 6.95. The molecule has 0 saturated heterocycles. The van der Waals surface area contributed by atoms with E-state index in [4.69, 9.17) is 0 Å². The topological polar surface area (TPSA) is 46.9 Å². The molecule has 0 aliphatic carbocycles. The van der Waals surface area contributed by atoms with Crippen LogP contribution in [0.3, 0.4) is 0 Å². The summed E-state index contributed by atoms with van der Waals surface area (Å²) in [5.41, 5.74) is 1.09. The zero-order valence-corrected chi connectivity index (χ0v) is 8.95. The highest BCUT2D eigenvalue weighted by Gasteiger charge is 2.04. The van der Waals surface area contributed by atoms with Gasteiger partial charge in [0.15, 0.2) is 0 Å². The zero-order valence-electron chi connectivity index (χ0n) is 8.95. The molecular formula is C10H17N3O. The van der Waals surface area contributed by atoms with E-state index in [1.807, 2.05) is 31.5 Å². The fourth-order valence-electron chi connectivity index (χ4n) is 1.23. The average Bonchev–Trinajstić information content (AvgIpc) is 2.46. The zero-order chi connectivity index (χ0) is 10.6. The second-order valence-electron chi connectivity index (χ2n) is 3.67. The van der Waals surface area contributed by atoms with E-state index in [1.54, 1.807) is 6.20 Å². The molecule has 0 spiro atoms. The maximum absolute atomic E-state index is 11.3. The molecule has 0 saturated carbocycles. The lowest BCUT2D eigenvalue weighted by Crippen LogP contribution is -2.30. The number of aromatic nitrogens is 2. The van der Waals surface area contributed by atoms with E-state index in [0.717, 1.165) is 5.69 Å². The number of amides is 1. The summed E-state index contributed by atoms with van der Waals surface area (Å²) in [6.07, 6.45) is 2.23. The molecule has 4 nitrogen and oxygen atoms in total. The van der Waals surface area contributed by atoms with E-state index in [2.05, 4.69) is 10.4 Å². The molecule has 0 aliphatic heterocycles. The molecule has 0 bridgehead atoms. The number of hydrogen-bond donors (Lipinski definition) is 1. The van der Waals surface area contributed by atoms with Crippen LogP contribution >= 0.6 is 0 Å². The number of carbonyl (C=O) groups is 1. The molecule has 1 rings (SSSR count). The van der Waals surface area contributed by atoms with Gasteiger partial charge in [-0.25, -0.2) is 0 Å². The second kappa shape index (κ2) is 4.79. The predicted octanol–water partition coefficient (Wildman–Crippen LogP) is 1.11. The fraction of sp³-hybridized carbons (Fsp3) is 0.600. The third kappa shape index (κ3) is 3.20. The Morgan fingerprint density at radius 3 is 2.86 bits per heavy atom. The second-order valence-corrected chi connectivity index (χ2v) is 3.67. The van der Waals surface area contributed by atoms with Crippen LogP contribution in [0.1, 0.15) is 26.0 Å². The van der Waals surface area contributed by atoms with Gasteiger partial charge in [-0.1, -0.05) is 0 Å². The van der Waals surface area contributed by atoms with Gasteiger partial charge in [0.2, 0.25) is 5.91 Å². The highest BCUT2D eigenvalue weighted by Crippen LogP contribution is 1.97. The molecule has 0 aliphatic rings. The first-order valence-corrected chi connectivity index (χ1v) is 4.87. The minimum atomic E-state index is 0.0786. The van der Waals surface area contributed by atoms with Crippen LogP contribution in [0.15, 0.2) is 12.3 Å². The highest BCUT2D eigenvalue weighted by molar-refractivity contribution is 5.76. The Balaban J connectivity index is 2.34. The lowest BCUT2D eigenvalue weighted by molar-refractivity contribution is -0.121. The van der Waals surface area contributed by atoms with E-state index in [0.29, 0.717) is 13.0 Å². The van der Waals surface area contributed by atoms with Crippen LogP contribution in [0.25, 0.3) is 0 Å². The van der Waals surface area contributed by atoms with E-state index in [9.17, 15) is 4.79 Å². The molecule has 0 fully saturated rings. The maximum Gasteiger partial charge on any atom is 0.222 e. The van der Waals surface area contributed by atoms with Gasteiger partial charge in [0.25, 0.3) is 0 Å². The van der Waals surface area contributed by atoms with Crippen molar-refractivity contribution in [2.45, 2.75) is 39.8 Å². The Kier molecular flexibility index (Phi) is 3.68. The summed E-state index contributed by atoms with van der Waals surface area (Å²) in [7, 11) is 0. The standard InChI is InChI=1S/C10H17N3O/c1-8(2)12-10(14)5-7-13-9(3)4-6-11-13/h4,6,8H,5,7H2,1-3H3,(H,12,14). The SMILES string of the molecule is Cc1ccnn1CCC(=O)NC(C)C. The third-order valence-corrected chi connectivity index (χ3v) is 1.93. The minimum Gasteiger partial charge on any atom is -0.354 e. The molecule has 0 atom stereocenters. The Bertz CT molecular complexity index is 304. The van der Waals surface area contributed by atoms with Gasteiger partial charge in [-0.2, -0.15) is 5.10 Å². The number of hydrogen-bond acceptors (Lipinski definition) is 2. The van der Waals surface area contributed by atoms with Gasteiger partial charge in [-0.05, 0) is 26.8 Å². The van der Waals surface area contributed by atoms with Gasteiger partial charge in [0, 0.05) is 30.9 Å². The summed E-state index contributed by atoms with van der Waals surface area (Å²) in [6, 6.07) is 2.14. The Labute approximate surface area is 84.3 Å². The van der Waals surface area contributed by atoms with Crippen molar-refractivity contribution < 1.29 is 4.79 Å². The van der Waals surface area contributed by atoms with Gasteiger partial charge in [-0.3, -0.25) is 9.48 Å². The Morgan fingerprint density at radius 1 is 1.64 bits per heavy atom. The first-order chi connectivity index (χ1) is 6.59. The van der Waals surface area contributed by atoms with Crippen molar-refractivity contribution in [1.29, 1.82) is 0 Å². The molecule has 0 aromatic carbocycles. The summed E-state index contributed by atoms with van der Waals surface area (Å²) in [4.78, 5) is 11.3. The lowest BCUT2D eigenvalue weighted by Gasteiger charge is -2.08. The van der Waals surface area contributed by atoms with Crippen molar-refractivity contribution in [3.8, 4) is 0 Å². The van der Waals surface area contributed by atoms with Crippen LogP contribution in [0, 0.1) is 6.92 Å². The van der Waals surface area contributed by atoms with E-state index in [-0.39, 0.29) is 11.9 Å². The summed E-state index contributed by atoms with van der Waals surface area (Å²) < 4.78 is 1.83. The van der Waals surface area contributed by atoms with Crippen LogP contribution < -0.4 is 5.32 Å². The van der Waals surface area contributed by atoms with Gasteiger partial charge in [0.1, 0.15) is 0 Å². The maximum atomic E-state index is 11.3. The molecule has 1 amide bonds. The first kappa shape index (κ1) is 10.8. The number of rotatable bonds is 4. The van der Waals surface area contributed by atoms with E-state index >= 15 is 0 Å². The van der Waals surface area contributed by atoms with Crippen LogP contribution in [0.2, 0.25) is 0 Å². The predicted molar refractivity (Wildman–Crippen MR) is 54.9 cm³/mol. The molecule has 0 unspecified atom stereocenters. The van der Waals surface area contributed by atoms with Crippen molar-refractivity contribution >= 4 is 5.91 Å². The number of nitrogens with one attached hydrogen (secondary N) is 1. The monoisotopic (exact) mass is 195 g/mol.